The Morgan fingerprint density at radius 2 is 0.804 bits per heavy atom. The lowest BCUT2D eigenvalue weighted by atomic mass is 9.83. The van der Waals surface area contributed by atoms with Gasteiger partial charge in [0.2, 0.25) is 0 Å². The van der Waals surface area contributed by atoms with E-state index in [-0.39, 0.29) is 57.3 Å². The van der Waals surface area contributed by atoms with Crippen molar-refractivity contribution in [1.82, 2.24) is 0 Å². The van der Waals surface area contributed by atoms with Crippen LogP contribution < -0.4 is 0 Å². The minimum atomic E-state index is -1.27. The molecule has 5 atom stereocenters. The second-order valence-electron chi connectivity index (χ2n) is 14.3. The average Bonchev–Trinajstić information content (AvgIpc) is 2.90. The highest BCUT2D eigenvalue weighted by atomic mass is 16.6. The van der Waals surface area contributed by atoms with Crippen molar-refractivity contribution < 1.29 is 57.1 Å². The molecule has 0 N–H and O–H groups in total. The van der Waals surface area contributed by atoms with E-state index in [4.69, 9.17) is 37.9 Å². The molecule has 0 aliphatic carbocycles. The summed E-state index contributed by atoms with van der Waals surface area (Å²) >= 11 is 0. The molecule has 12 heteroatoms. The van der Waals surface area contributed by atoms with Crippen LogP contribution in [-0.4, -0.2) is 98.1 Å². The van der Waals surface area contributed by atoms with Gasteiger partial charge in [-0.15, -0.1) is 0 Å². The predicted octanol–water partition coefficient (Wildman–Crippen LogP) is 5.21. The molecule has 0 aliphatic rings. The van der Waals surface area contributed by atoms with Crippen LogP contribution in [0.15, 0.2) is 0 Å². The van der Waals surface area contributed by atoms with Crippen molar-refractivity contribution in [3.05, 3.63) is 0 Å². The summed E-state index contributed by atoms with van der Waals surface area (Å²) in [5.74, 6) is -2.76. The number of ether oxygens (including phenoxy) is 8. The first-order chi connectivity index (χ1) is 20.9. The van der Waals surface area contributed by atoms with Gasteiger partial charge in [0.05, 0.1) is 48.0 Å². The molecular weight excluding hydrogens is 600 g/mol. The van der Waals surface area contributed by atoms with Gasteiger partial charge < -0.3 is 37.9 Å². The van der Waals surface area contributed by atoms with Crippen molar-refractivity contribution >= 4 is 23.9 Å². The van der Waals surface area contributed by atoms with Crippen LogP contribution in [0.2, 0.25) is 0 Å². The lowest BCUT2D eigenvalue weighted by Gasteiger charge is -2.30. The topological polar surface area (TPSA) is 142 Å². The minimum Gasteiger partial charge on any atom is -0.463 e. The highest BCUT2D eigenvalue weighted by molar-refractivity contribution is 5.79. The maximum Gasteiger partial charge on any atom is 0.337 e. The van der Waals surface area contributed by atoms with Gasteiger partial charge in [-0.3, -0.25) is 9.59 Å². The molecule has 5 unspecified atom stereocenters. The van der Waals surface area contributed by atoms with Crippen molar-refractivity contribution in [3.63, 3.8) is 0 Å². The molecule has 0 saturated carbocycles. The molecule has 12 nitrogen and oxygen atoms in total. The van der Waals surface area contributed by atoms with Crippen LogP contribution in [0, 0.1) is 11.3 Å². The fraction of sp³-hybridized carbons (Fsp3) is 0.882. The normalized spacial score (nSPS) is 15.9. The molecular formula is C34H62O12. The summed E-state index contributed by atoms with van der Waals surface area (Å²) in [6.45, 7) is 26.0. The third-order valence-electron chi connectivity index (χ3n) is 6.56. The largest absolute Gasteiger partial charge is 0.463 e. The highest BCUT2D eigenvalue weighted by Crippen LogP contribution is 2.28. The molecule has 0 bridgehead atoms. The lowest BCUT2D eigenvalue weighted by Crippen LogP contribution is -2.42. The van der Waals surface area contributed by atoms with Crippen LogP contribution in [0.4, 0.5) is 0 Å². The maximum absolute atomic E-state index is 12.9. The number of esters is 4. The molecule has 0 rings (SSSR count). The number of hydrogen-bond donors (Lipinski definition) is 0. The van der Waals surface area contributed by atoms with Crippen LogP contribution in [0.5, 0.6) is 0 Å². The molecule has 0 aromatic rings. The van der Waals surface area contributed by atoms with Gasteiger partial charge in [0, 0.05) is 0 Å². The minimum absolute atomic E-state index is 0.00959. The summed E-state index contributed by atoms with van der Waals surface area (Å²) in [7, 11) is 0. The highest BCUT2D eigenvalue weighted by Gasteiger charge is 2.37. The SMILES string of the molecule is CC(C)OC(C)COC(=O)C(C)(C)OC(C)COC(=O)C(C)CC(C)(C)C(=O)OCC(C)OC(C)(C)C(=O)OCC(C)OC(C)C. The Morgan fingerprint density at radius 3 is 1.17 bits per heavy atom. The second kappa shape index (κ2) is 19.5. The van der Waals surface area contributed by atoms with Gasteiger partial charge >= 0.3 is 23.9 Å². The quantitative estimate of drug-likeness (QED) is 0.111. The van der Waals surface area contributed by atoms with Crippen LogP contribution in [0.1, 0.15) is 110 Å². The first kappa shape index (κ1) is 43.7. The van der Waals surface area contributed by atoms with E-state index in [0.717, 1.165) is 0 Å². The van der Waals surface area contributed by atoms with E-state index < -0.39 is 58.6 Å². The van der Waals surface area contributed by atoms with E-state index in [1.165, 1.54) is 0 Å². The molecule has 270 valence electrons. The molecule has 0 aromatic heterocycles. The molecule has 0 fully saturated rings. The maximum atomic E-state index is 12.9. The predicted molar refractivity (Wildman–Crippen MR) is 172 cm³/mol. The van der Waals surface area contributed by atoms with Crippen LogP contribution >= 0.6 is 0 Å². The van der Waals surface area contributed by atoms with Gasteiger partial charge in [-0.2, -0.15) is 0 Å². The van der Waals surface area contributed by atoms with Gasteiger partial charge in [-0.1, -0.05) is 6.92 Å². The summed E-state index contributed by atoms with van der Waals surface area (Å²) < 4.78 is 44.4. The van der Waals surface area contributed by atoms with Gasteiger partial charge in [-0.25, -0.2) is 9.59 Å². The Bertz CT molecular complexity index is 956. The van der Waals surface area contributed by atoms with E-state index in [0.29, 0.717) is 0 Å². The molecule has 0 amide bonds. The zero-order chi connectivity index (χ0) is 36.0. The Labute approximate surface area is 276 Å². The molecule has 0 saturated heterocycles. The van der Waals surface area contributed by atoms with Gasteiger partial charge in [0.25, 0.3) is 0 Å². The lowest BCUT2D eigenvalue weighted by molar-refractivity contribution is -0.183. The summed E-state index contributed by atoms with van der Waals surface area (Å²) in [5, 5.41) is 0. The zero-order valence-electron chi connectivity index (χ0n) is 31.0. The Morgan fingerprint density at radius 1 is 0.478 bits per heavy atom. The van der Waals surface area contributed by atoms with E-state index in [9.17, 15) is 19.2 Å². The second-order valence-corrected chi connectivity index (χ2v) is 14.3. The first-order valence-electron chi connectivity index (χ1n) is 16.2. The average molecular weight is 663 g/mol. The van der Waals surface area contributed by atoms with Crippen LogP contribution in [0.25, 0.3) is 0 Å². The van der Waals surface area contributed by atoms with Crippen molar-refractivity contribution in [2.75, 3.05) is 26.4 Å². The van der Waals surface area contributed by atoms with Gasteiger partial charge in [-0.05, 0) is 103 Å². The fourth-order valence-electron chi connectivity index (χ4n) is 4.57. The van der Waals surface area contributed by atoms with Gasteiger partial charge in [0.1, 0.15) is 26.4 Å². The van der Waals surface area contributed by atoms with E-state index in [2.05, 4.69) is 0 Å². The van der Waals surface area contributed by atoms with Crippen molar-refractivity contribution in [2.24, 2.45) is 11.3 Å². The van der Waals surface area contributed by atoms with Gasteiger partial charge in [0.15, 0.2) is 11.2 Å². The summed E-state index contributed by atoms with van der Waals surface area (Å²) in [5.41, 5.74) is -3.55. The smallest absolute Gasteiger partial charge is 0.337 e. The number of rotatable bonds is 22. The molecule has 46 heavy (non-hydrogen) atoms. The Balaban J connectivity index is 4.74. The van der Waals surface area contributed by atoms with Crippen molar-refractivity contribution in [3.8, 4) is 0 Å². The standard InChI is InChI=1S/C34H62O12/c1-21(2)43-24(6)17-41-30(37)33(12,13)45-26(8)19-39-28(35)23(5)16-32(10,11)29(36)40-20-27(9)46-34(14,15)31(38)42-18-25(7)44-22(3)4/h21-27H,16-20H2,1-15H3. The fourth-order valence-corrected chi connectivity index (χ4v) is 4.57. The Hall–Kier alpha value is -2.28. The number of carbonyl (C=O) groups is 4. The van der Waals surface area contributed by atoms with Crippen LogP contribution in [-0.2, 0) is 57.1 Å². The molecule has 0 aliphatic heterocycles. The summed E-state index contributed by atoms with van der Waals surface area (Å²) in [6.07, 6.45) is -1.53. The molecule has 0 aromatic carbocycles. The van der Waals surface area contributed by atoms with Crippen LogP contribution in [0.3, 0.4) is 0 Å². The van der Waals surface area contributed by atoms with Crippen molar-refractivity contribution in [1.29, 1.82) is 0 Å². The summed E-state index contributed by atoms with van der Waals surface area (Å²) in [4.78, 5) is 50.8. The number of carbonyl (C=O) groups excluding carboxylic acids is 4. The van der Waals surface area contributed by atoms with E-state index in [1.807, 2.05) is 41.5 Å². The number of hydrogen-bond acceptors (Lipinski definition) is 12. The Kier molecular flexibility index (Phi) is 18.6. The monoisotopic (exact) mass is 662 g/mol. The third kappa shape index (κ3) is 17.6. The van der Waals surface area contributed by atoms with E-state index >= 15 is 0 Å². The molecule has 0 spiro atoms. The summed E-state index contributed by atoms with van der Waals surface area (Å²) in [6, 6.07) is 0. The molecule has 0 heterocycles. The van der Waals surface area contributed by atoms with E-state index in [1.54, 1.807) is 62.3 Å². The van der Waals surface area contributed by atoms with Crippen molar-refractivity contribution in [2.45, 2.75) is 158 Å². The molecule has 0 radical (unpaired) electrons. The zero-order valence-corrected chi connectivity index (χ0v) is 31.0. The first-order valence-corrected chi connectivity index (χ1v) is 16.2. The third-order valence-corrected chi connectivity index (χ3v) is 6.56.